The van der Waals surface area contributed by atoms with Crippen LogP contribution < -0.4 is 15.4 Å². The van der Waals surface area contributed by atoms with E-state index in [1.54, 1.807) is 7.11 Å². The van der Waals surface area contributed by atoms with Gasteiger partial charge in [-0.25, -0.2) is 0 Å². The Balaban J connectivity index is 1.36. The average molecular weight is 358 g/mol. The standard InChI is InChI=1S/C21H30N2O3/c1-26-17-10-8-15(9-11-17)12-13-22-20(24)18-14-19(18)21(25)23-16-6-4-2-3-5-7-16/h8-11,16,18-19H,2-7,12-14H2,1H3,(H,22,24)(H,23,25). The Hall–Kier alpha value is -2.04. The highest BCUT2D eigenvalue weighted by atomic mass is 16.5. The molecule has 0 aliphatic heterocycles. The van der Waals surface area contributed by atoms with Crippen molar-refractivity contribution in [1.29, 1.82) is 0 Å². The molecule has 0 bridgehead atoms. The monoisotopic (exact) mass is 358 g/mol. The van der Waals surface area contributed by atoms with E-state index in [2.05, 4.69) is 10.6 Å². The number of methoxy groups -OCH3 is 1. The van der Waals surface area contributed by atoms with E-state index < -0.39 is 0 Å². The lowest BCUT2D eigenvalue weighted by Gasteiger charge is -2.16. The lowest BCUT2D eigenvalue weighted by atomic mass is 10.1. The lowest BCUT2D eigenvalue weighted by molar-refractivity contribution is -0.127. The quantitative estimate of drug-likeness (QED) is 0.737. The van der Waals surface area contributed by atoms with Crippen LogP contribution in [0, 0.1) is 11.8 Å². The maximum absolute atomic E-state index is 12.4. The Bertz CT molecular complexity index is 606. The number of carbonyl (C=O) groups is 2. The van der Waals surface area contributed by atoms with Gasteiger partial charge in [0.25, 0.3) is 0 Å². The normalized spacial score (nSPS) is 23.0. The second kappa shape index (κ2) is 9.06. The van der Waals surface area contributed by atoms with E-state index in [1.807, 2.05) is 24.3 Å². The third-order valence-corrected chi connectivity index (χ3v) is 5.54. The molecule has 2 N–H and O–H groups in total. The molecule has 2 unspecified atom stereocenters. The molecule has 26 heavy (non-hydrogen) atoms. The molecule has 2 aliphatic rings. The molecular formula is C21H30N2O3. The van der Waals surface area contributed by atoms with Crippen LogP contribution in [0.3, 0.4) is 0 Å². The van der Waals surface area contributed by atoms with Gasteiger partial charge < -0.3 is 15.4 Å². The van der Waals surface area contributed by atoms with Crippen LogP contribution in [0.4, 0.5) is 0 Å². The minimum Gasteiger partial charge on any atom is -0.497 e. The Morgan fingerprint density at radius 3 is 2.31 bits per heavy atom. The first-order valence-corrected chi connectivity index (χ1v) is 9.88. The van der Waals surface area contributed by atoms with Crippen LogP contribution in [0.25, 0.3) is 0 Å². The molecule has 1 aromatic carbocycles. The van der Waals surface area contributed by atoms with Crippen LogP contribution in [0.2, 0.25) is 0 Å². The van der Waals surface area contributed by atoms with Gasteiger partial charge >= 0.3 is 0 Å². The average Bonchev–Trinajstić information content (AvgIpc) is 3.47. The van der Waals surface area contributed by atoms with Crippen LogP contribution >= 0.6 is 0 Å². The predicted molar refractivity (Wildman–Crippen MR) is 101 cm³/mol. The summed E-state index contributed by atoms with van der Waals surface area (Å²) in [5.41, 5.74) is 1.16. The summed E-state index contributed by atoms with van der Waals surface area (Å²) in [6, 6.07) is 8.16. The van der Waals surface area contributed by atoms with Crippen molar-refractivity contribution in [2.75, 3.05) is 13.7 Å². The molecule has 5 heteroatoms. The molecule has 0 aromatic heterocycles. The summed E-state index contributed by atoms with van der Waals surface area (Å²) in [4.78, 5) is 24.6. The third kappa shape index (κ3) is 5.23. The highest BCUT2D eigenvalue weighted by Crippen LogP contribution is 2.39. The van der Waals surface area contributed by atoms with Crippen molar-refractivity contribution in [3.63, 3.8) is 0 Å². The van der Waals surface area contributed by atoms with E-state index in [1.165, 1.54) is 25.7 Å². The molecule has 2 fully saturated rings. The van der Waals surface area contributed by atoms with Crippen LogP contribution in [0.1, 0.15) is 50.5 Å². The second-order valence-electron chi connectivity index (χ2n) is 7.53. The molecule has 142 valence electrons. The first kappa shape index (κ1) is 18.7. The molecule has 2 amide bonds. The fourth-order valence-corrected chi connectivity index (χ4v) is 3.76. The predicted octanol–water partition coefficient (Wildman–Crippen LogP) is 2.83. The Morgan fingerprint density at radius 1 is 1.00 bits per heavy atom. The van der Waals surface area contributed by atoms with Gasteiger partial charge in [0.1, 0.15) is 5.75 Å². The van der Waals surface area contributed by atoms with Crippen LogP contribution in [-0.4, -0.2) is 31.5 Å². The van der Waals surface area contributed by atoms with Gasteiger partial charge in [0.15, 0.2) is 0 Å². The van der Waals surface area contributed by atoms with Gasteiger partial charge in [-0.2, -0.15) is 0 Å². The smallest absolute Gasteiger partial charge is 0.224 e. The first-order chi connectivity index (χ1) is 12.7. The van der Waals surface area contributed by atoms with Crippen molar-refractivity contribution < 1.29 is 14.3 Å². The Morgan fingerprint density at radius 2 is 1.65 bits per heavy atom. The zero-order valence-electron chi connectivity index (χ0n) is 15.6. The van der Waals surface area contributed by atoms with Crippen molar-refractivity contribution in [3.8, 4) is 5.75 Å². The van der Waals surface area contributed by atoms with Gasteiger partial charge in [0, 0.05) is 12.6 Å². The molecule has 2 atom stereocenters. The molecule has 2 aliphatic carbocycles. The number of hydrogen-bond acceptors (Lipinski definition) is 3. The topological polar surface area (TPSA) is 67.4 Å². The fraction of sp³-hybridized carbons (Fsp3) is 0.619. The molecule has 0 saturated heterocycles. The molecule has 0 spiro atoms. The van der Waals surface area contributed by atoms with Crippen molar-refractivity contribution in [2.45, 2.75) is 57.4 Å². The van der Waals surface area contributed by atoms with Crippen LogP contribution in [0.5, 0.6) is 5.75 Å². The summed E-state index contributed by atoms with van der Waals surface area (Å²) in [5.74, 6) is 0.654. The van der Waals surface area contributed by atoms with E-state index in [4.69, 9.17) is 4.74 Å². The third-order valence-electron chi connectivity index (χ3n) is 5.54. The molecule has 0 radical (unpaired) electrons. The van der Waals surface area contributed by atoms with E-state index in [0.717, 1.165) is 30.6 Å². The van der Waals surface area contributed by atoms with E-state index >= 15 is 0 Å². The Labute approximate surface area is 155 Å². The molecule has 3 rings (SSSR count). The highest BCUT2D eigenvalue weighted by Gasteiger charge is 2.48. The number of nitrogens with one attached hydrogen (secondary N) is 2. The van der Waals surface area contributed by atoms with E-state index in [0.29, 0.717) is 19.0 Å². The van der Waals surface area contributed by atoms with Crippen molar-refractivity contribution in [2.24, 2.45) is 11.8 Å². The summed E-state index contributed by atoms with van der Waals surface area (Å²) in [6.45, 7) is 0.596. The summed E-state index contributed by atoms with van der Waals surface area (Å²) < 4.78 is 5.14. The summed E-state index contributed by atoms with van der Waals surface area (Å²) in [6.07, 6.45) is 8.57. The van der Waals surface area contributed by atoms with Crippen LogP contribution in [0.15, 0.2) is 24.3 Å². The molecular weight excluding hydrogens is 328 g/mol. The van der Waals surface area contributed by atoms with E-state index in [9.17, 15) is 9.59 Å². The van der Waals surface area contributed by atoms with Gasteiger partial charge in [0.05, 0.1) is 18.9 Å². The maximum Gasteiger partial charge on any atom is 0.224 e. The molecule has 5 nitrogen and oxygen atoms in total. The van der Waals surface area contributed by atoms with Crippen molar-refractivity contribution in [3.05, 3.63) is 29.8 Å². The maximum atomic E-state index is 12.4. The zero-order valence-corrected chi connectivity index (χ0v) is 15.6. The zero-order chi connectivity index (χ0) is 18.4. The first-order valence-electron chi connectivity index (χ1n) is 9.88. The van der Waals surface area contributed by atoms with Crippen molar-refractivity contribution >= 4 is 11.8 Å². The largest absolute Gasteiger partial charge is 0.497 e. The Kier molecular flexibility index (Phi) is 6.53. The SMILES string of the molecule is COc1ccc(CCNC(=O)C2CC2C(=O)NC2CCCCCC2)cc1. The summed E-state index contributed by atoms with van der Waals surface area (Å²) in [5, 5.41) is 6.14. The lowest BCUT2D eigenvalue weighted by Crippen LogP contribution is -2.37. The van der Waals surface area contributed by atoms with Gasteiger partial charge in [-0.05, 0) is 43.4 Å². The number of rotatable bonds is 7. The van der Waals surface area contributed by atoms with Crippen LogP contribution in [-0.2, 0) is 16.0 Å². The second-order valence-corrected chi connectivity index (χ2v) is 7.53. The summed E-state index contributed by atoms with van der Waals surface area (Å²) in [7, 11) is 1.65. The minimum absolute atomic E-state index is 0.0135. The van der Waals surface area contributed by atoms with Crippen molar-refractivity contribution in [1.82, 2.24) is 10.6 Å². The number of carbonyl (C=O) groups excluding carboxylic acids is 2. The highest BCUT2D eigenvalue weighted by molar-refractivity contribution is 5.92. The van der Waals surface area contributed by atoms with Gasteiger partial charge in [-0.3, -0.25) is 9.59 Å². The fourth-order valence-electron chi connectivity index (χ4n) is 3.76. The number of benzene rings is 1. The van der Waals surface area contributed by atoms with Gasteiger partial charge in [0.2, 0.25) is 11.8 Å². The summed E-state index contributed by atoms with van der Waals surface area (Å²) >= 11 is 0. The minimum atomic E-state index is -0.142. The van der Waals surface area contributed by atoms with Gasteiger partial charge in [-0.15, -0.1) is 0 Å². The molecule has 2 saturated carbocycles. The van der Waals surface area contributed by atoms with E-state index in [-0.39, 0.29) is 23.7 Å². The number of hydrogen-bond donors (Lipinski definition) is 2. The molecule has 0 heterocycles. The van der Waals surface area contributed by atoms with Gasteiger partial charge in [-0.1, -0.05) is 37.8 Å². The number of ether oxygens (including phenoxy) is 1. The molecule has 1 aromatic rings. The number of amides is 2.